The maximum atomic E-state index is 12.1. The van der Waals surface area contributed by atoms with Crippen LogP contribution < -0.4 is 5.43 Å². The van der Waals surface area contributed by atoms with Crippen molar-refractivity contribution in [3.8, 4) is 0 Å². The number of hydrogen-bond acceptors (Lipinski definition) is 2. The summed E-state index contributed by atoms with van der Waals surface area (Å²) < 4.78 is 0. The summed E-state index contributed by atoms with van der Waals surface area (Å²) in [6, 6.07) is 7.80. The Hall–Kier alpha value is -1.64. The van der Waals surface area contributed by atoms with Gasteiger partial charge in [-0.05, 0) is 60.1 Å². The van der Waals surface area contributed by atoms with Gasteiger partial charge < -0.3 is 0 Å². The van der Waals surface area contributed by atoms with Crippen molar-refractivity contribution < 1.29 is 4.79 Å². The van der Waals surface area contributed by atoms with Crippen molar-refractivity contribution in [3.05, 3.63) is 35.4 Å². The van der Waals surface area contributed by atoms with Gasteiger partial charge in [0.2, 0.25) is 0 Å². The molecule has 1 aromatic rings. The Morgan fingerprint density at radius 2 is 1.91 bits per heavy atom. The van der Waals surface area contributed by atoms with E-state index < -0.39 is 0 Å². The van der Waals surface area contributed by atoms with Gasteiger partial charge in [-0.15, -0.1) is 0 Å². The fraction of sp³-hybridized carbons (Fsp3) is 0.579. The van der Waals surface area contributed by atoms with Crippen molar-refractivity contribution in [2.45, 2.75) is 51.9 Å². The summed E-state index contributed by atoms with van der Waals surface area (Å²) in [5.74, 6) is 2.15. The van der Waals surface area contributed by atoms with Gasteiger partial charge in [0.1, 0.15) is 0 Å². The summed E-state index contributed by atoms with van der Waals surface area (Å²) in [7, 11) is 0. The number of carbonyl (C=O) groups is 1. The fourth-order valence-corrected chi connectivity index (χ4v) is 3.85. The van der Waals surface area contributed by atoms with Crippen LogP contribution in [0.5, 0.6) is 0 Å². The van der Waals surface area contributed by atoms with Crippen molar-refractivity contribution in [3.63, 3.8) is 0 Å². The average Bonchev–Trinajstić information content (AvgIpc) is 3.09. The maximum absolute atomic E-state index is 12.1. The molecule has 1 amide bonds. The summed E-state index contributed by atoms with van der Waals surface area (Å²) in [6.07, 6.45) is 7.31. The molecule has 118 valence electrons. The summed E-state index contributed by atoms with van der Waals surface area (Å²) >= 11 is 0. The highest BCUT2D eigenvalue weighted by molar-refractivity contribution is 5.94. The van der Waals surface area contributed by atoms with E-state index in [0.29, 0.717) is 11.5 Å². The van der Waals surface area contributed by atoms with Gasteiger partial charge in [0.15, 0.2) is 0 Å². The predicted octanol–water partition coefficient (Wildman–Crippen LogP) is 4.14. The van der Waals surface area contributed by atoms with Gasteiger partial charge in [0, 0.05) is 11.8 Å². The quantitative estimate of drug-likeness (QED) is 0.661. The predicted molar refractivity (Wildman–Crippen MR) is 90.0 cm³/mol. The largest absolute Gasteiger partial charge is 0.271 e. The standard InChI is InChI=1S/C19H26N2O/c1-19(2,3)17-8-6-14(7-9-17)18(22)21-20-12-16-11-13-4-5-15(16)10-13/h6-9,12-13,15-16H,4-5,10-11H2,1-3H3,(H,21,22)/b20-12-/t13-,15-,16-/m0/s1. The Balaban J connectivity index is 1.56. The fourth-order valence-electron chi connectivity index (χ4n) is 3.85. The van der Waals surface area contributed by atoms with E-state index in [9.17, 15) is 4.79 Å². The molecule has 0 heterocycles. The molecule has 3 heteroatoms. The van der Waals surface area contributed by atoms with Crippen molar-refractivity contribution in [1.82, 2.24) is 5.43 Å². The third kappa shape index (κ3) is 3.23. The van der Waals surface area contributed by atoms with Crippen LogP contribution in [0, 0.1) is 17.8 Å². The lowest BCUT2D eigenvalue weighted by Gasteiger charge is -2.19. The molecular weight excluding hydrogens is 272 g/mol. The molecule has 3 rings (SSSR count). The Labute approximate surface area is 133 Å². The Morgan fingerprint density at radius 1 is 1.18 bits per heavy atom. The minimum Gasteiger partial charge on any atom is -0.267 e. The van der Waals surface area contributed by atoms with E-state index in [4.69, 9.17) is 0 Å². The third-order valence-electron chi connectivity index (χ3n) is 5.24. The molecule has 0 unspecified atom stereocenters. The number of nitrogens with one attached hydrogen (secondary N) is 1. The second-order valence-corrected chi connectivity index (χ2v) is 7.89. The molecule has 0 radical (unpaired) electrons. The number of hydrazone groups is 1. The van der Waals surface area contributed by atoms with Crippen molar-refractivity contribution in [2.24, 2.45) is 22.9 Å². The molecule has 1 aromatic carbocycles. The Bertz CT molecular complexity index is 568. The highest BCUT2D eigenvalue weighted by atomic mass is 16.2. The van der Waals surface area contributed by atoms with Crippen molar-refractivity contribution in [2.75, 3.05) is 0 Å². The average molecular weight is 298 g/mol. The van der Waals surface area contributed by atoms with E-state index in [2.05, 4.69) is 31.3 Å². The first-order chi connectivity index (χ1) is 10.4. The van der Waals surface area contributed by atoms with E-state index in [-0.39, 0.29) is 11.3 Å². The van der Waals surface area contributed by atoms with Crippen LogP contribution in [-0.2, 0) is 5.41 Å². The third-order valence-corrected chi connectivity index (χ3v) is 5.24. The van der Waals surface area contributed by atoms with Gasteiger partial charge in [-0.25, -0.2) is 5.43 Å². The zero-order valence-corrected chi connectivity index (χ0v) is 13.8. The second kappa shape index (κ2) is 5.86. The molecule has 0 saturated heterocycles. The summed E-state index contributed by atoms with van der Waals surface area (Å²) in [6.45, 7) is 6.51. The molecule has 2 aliphatic rings. The molecule has 0 aliphatic heterocycles. The van der Waals surface area contributed by atoms with E-state index in [1.807, 2.05) is 30.5 Å². The summed E-state index contributed by atoms with van der Waals surface area (Å²) in [5.41, 5.74) is 4.68. The van der Waals surface area contributed by atoms with Crippen LogP contribution in [-0.4, -0.2) is 12.1 Å². The van der Waals surface area contributed by atoms with Gasteiger partial charge in [-0.2, -0.15) is 5.10 Å². The molecule has 22 heavy (non-hydrogen) atoms. The number of nitrogens with zero attached hydrogens (tertiary/aromatic N) is 1. The minimum absolute atomic E-state index is 0.106. The minimum atomic E-state index is -0.125. The molecule has 2 saturated carbocycles. The number of rotatable bonds is 3. The van der Waals surface area contributed by atoms with Crippen LogP contribution in [0.25, 0.3) is 0 Å². The molecule has 1 N–H and O–H groups in total. The lowest BCUT2D eigenvalue weighted by molar-refractivity contribution is 0.0954. The summed E-state index contributed by atoms with van der Waals surface area (Å²) in [4.78, 5) is 12.1. The molecule has 2 fully saturated rings. The molecule has 3 nitrogen and oxygen atoms in total. The first-order valence-corrected chi connectivity index (χ1v) is 8.37. The van der Waals surface area contributed by atoms with E-state index in [1.165, 1.54) is 31.2 Å². The first kappa shape index (κ1) is 15.3. The van der Waals surface area contributed by atoms with Gasteiger partial charge in [-0.1, -0.05) is 39.3 Å². The van der Waals surface area contributed by atoms with Gasteiger partial charge in [-0.3, -0.25) is 4.79 Å². The maximum Gasteiger partial charge on any atom is 0.271 e. The molecule has 3 atom stereocenters. The Kier molecular flexibility index (Phi) is 4.07. The number of amides is 1. The van der Waals surface area contributed by atoms with Crippen LogP contribution in [0.1, 0.15) is 62.4 Å². The van der Waals surface area contributed by atoms with Crippen molar-refractivity contribution in [1.29, 1.82) is 0 Å². The normalized spacial score (nSPS) is 27.5. The monoisotopic (exact) mass is 298 g/mol. The van der Waals surface area contributed by atoms with Crippen molar-refractivity contribution >= 4 is 12.1 Å². The van der Waals surface area contributed by atoms with Gasteiger partial charge >= 0.3 is 0 Å². The van der Waals surface area contributed by atoms with Crippen LogP contribution in [0.15, 0.2) is 29.4 Å². The molecule has 0 spiro atoms. The zero-order valence-electron chi connectivity index (χ0n) is 13.8. The SMILES string of the molecule is CC(C)(C)c1ccc(C(=O)N/N=C\[C@@H]2C[C@H]3CC[C@H]2C3)cc1. The molecular formula is C19H26N2O. The molecule has 2 aliphatic carbocycles. The number of fused-ring (bicyclic) bond motifs is 2. The van der Waals surface area contributed by atoms with E-state index in [0.717, 1.165) is 11.8 Å². The smallest absolute Gasteiger partial charge is 0.267 e. The van der Waals surface area contributed by atoms with Crippen LogP contribution in [0.3, 0.4) is 0 Å². The second-order valence-electron chi connectivity index (χ2n) is 7.89. The van der Waals surface area contributed by atoms with Gasteiger partial charge in [0.25, 0.3) is 5.91 Å². The number of benzene rings is 1. The van der Waals surface area contributed by atoms with E-state index in [1.54, 1.807) is 0 Å². The first-order valence-electron chi connectivity index (χ1n) is 8.37. The zero-order chi connectivity index (χ0) is 15.7. The van der Waals surface area contributed by atoms with Crippen LogP contribution in [0.4, 0.5) is 0 Å². The summed E-state index contributed by atoms with van der Waals surface area (Å²) in [5, 5.41) is 4.20. The molecule has 0 aromatic heterocycles. The number of hydrogen-bond donors (Lipinski definition) is 1. The Morgan fingerprint density at radius 3 is 2.45 bits per heavy atom. The highest BCUT2D eigenvalue weighted by Gasteiger charge is 2.38. The lowest BCUT2D eigenvalue weighted by Crippen LogP contribution is -2.20. The lowest BCUT2D eigenvalue weighted by atomic mass is 9.87. The highest BCUT2D eigenvalue weighted by Crippen LogP contribution is 2.47. The van der Waals surface area contributed by atoms with Crippen LogP contribution >= 0.6 is 0 Å². The topological polar surface area (TPSA) is 41.5 Å². The van der Waals surface area contributed by atoms with E-state index >= 15 is 0 Å². The van der Waals surface area contributed by atoms with Gasteiger partial charge in [0.05, 0.1) is 0 Å². The molecule has 2 bridgehead atoms. The van der Waals surface area contributed by atoms with Crippen LogP contribution in [0.2, 0.25) is 0 Å². The number of carbonyl (C=O) groups excluding carboxylic acids is 1.